The average Bonchev–Trinajstić information content (AvgIpc) is 3.32. The van der Waals surface area contributed by atoms with Crippen molar-refractivity contribution in [1.29, 1.82) is 0 Å². The van der Waals surface area contributed by atoms with Crippen LogP contribution in [0.3, 0.4) is 0 Å². The van der Waals surface area contributed by atoms with Crippen LogP contribution in [-0.2, 0) is 12.8 Å². The second-order valence-electron chi connectivity index (χ2n) is 18.6. The fourth-order valence-electron chi connectivity index (χ4n) is 9.43. The van der Waals surface area contributed by atoms with Crippen molar-refractivity contribution in [2.75, 3.05) is 13.7 Å². The Morgan fingerprint density at radius 2 is 0.800 bits per heavy atom. The van der Waals surface area contributed by atoms with E-state index in [4.69, 9.17) is 18.9 Å². The second kappa shape index (κ2) is 22.2. The van der Waals surface area contributed by atoms with Crippen molar-refractivity contribution >= 4 is 23.5 Å². The third-order valence-electron chi connectivity index (χ3n) is 12.7. The van der Waals surface area contributed by atoms with Gasteiger partial charge in [0.2, 0.25) is 0 Å². The van der Waals surface area contributed by atoms with Gasteiger partial charge in [-0.2, -0.15) is 0 Å². The largest absolute Gasteiger partial charge is 0.496 e. The second-order valence-corrected chi connectivity index (χ2v) is 18.6. The zero-order chi connectivity index (χ0) is 50.2. The monoisotopic (exact) mass is 934 g/mol. The molecule has 0 aliphatic carbocycles. The first-order valence-corrected chi connectivity index (χ1v) is 23.8. The number of aryl methyl sites for hydroxylation is 8. The molecule has 0 heterocycles. The van der Waals surface area contributed by atoms with E-state index >= 15 is 0 Å². The maximum Gasteiger partial charge on any atom is 0.343 e. The number of hydrogen-bond acceptors (Lipinski definition) is 8. The third kappa shape index (κ3) is 12.2. The van der Waals surface area contributed by atoms with Gasteiger partial charge in [-0.15, -0.1) is 0 Å². The minimum Gasteiger partial charge on any atom is -0.496 e. The molecule has 8 nitrogen and oxygen atoms in total. The molecule has 0 spiro atoms. The Bertz CT molecular complexity index is 3010. The minimum absolute atomic E-state index is 0.0852. The first-order valence-electron chi connectivity index (χ1n) is 23.8. The number of esters is 2. The molecule has 0 saturated carbocycles. The lowest BCUT2D eigenvalue weighted by Gasteiger charge is -2.16. The minimum atomic E-state index is -0.500. The van der Waals surface area contributed by atoms with Crippen LogP contribution in [0.4, 0.5) is 0 Å². The van der Waals surface area contributed by atoms with Gasteiger partial charge in [-0.25, -0.2) is 9.59 Å². The first kappa shape index (κ1) is 50.3. The topological polar surface area (TPSA) is 105 Å². The van der Waals surface area contributed by atoms with Crippen LogP contribution in [0.1, 0.15) is 134 Å². The summed E-state index contributed by atoms with van der Waals surface area (Å²) in [4.78, 5) is 51.2. The Morgan fingerprint density at radius 1 is 0.414 bits per heavy atom. The van der Waals surface area contributed by atoms with Crippen molar-refractivity contribution in [1.82, 2.24) is 0 Å². The van der Waals surface area contributed by atoms with Crippen LogP contribution < -0.4 is 18.9 Å². The zero-order valence-electron chi connectivity index (χ0n) is 42.1. The molecule has 0 aliphatic heterocycles. The predicted octanol–water partition coefficient (Wildman–Crippen LogP) is 14.1. The summed E-state index contributed by atoms with van der Waals surface area (Å²) in [6.07, 6.45) is 3.33. The van der Waals surface area contributed by atoms with Gasteiger partial charge < -0.3 is 18.9 Å². The van der Waals surface area contributed by atoms with Crippen molar-refractivity contribution in [3.8, 4) is 34.1 Å². The number of carbonyl (C=O) groups is 4. The highest BCUT2D eigenvalue weighted by molar-refractivity contribution is 5.98. The summed E-state index contributed by atoms with van der Waals surface area (Å²) < 4.78 is 23.5. The van der Waals surface area contributed by atoms with Crippen molar-refractivity contribution in [2.45, 2.75) is 94.4 Å². The Morgan fingerprint density at radius 3 is 1.23 bits per heavy atom. The molecule has 0 atom stereocenters. The van der Waals surface area contributed by atoms with Crippen molar-refractivity contribution in [2.24, 2.45) is 0 Å². The van der Waals surface area contributed by atoms with Crippen LogP contribution in [0.25, 0.3) is 11.1 Å². The molecule has 358 valence electrons. The van der Waals surface area contributed by atoms with Gasteiger partial charge in [0.05, 0.1) is 24.8 Å². The lowest BCUT2D eigenvalue weighted by atomic mass is 9.97. The van der Waals surface area contributed by atoms with Gasteiger partial charge in [0.25, 0.3) is 0 Å². The average molecular weight is 935 g/mol. The van der Waals surface area contributed by atoms with Crippen LogP contribution in [0, 0.1) is 55.4 Å². The van der Waals surface area contributed by atoms with E-state index in [1.54, 1.807) is 43.5 Å². The number of Topliss-reactive ketones (excluding diaryl/α,β-unsaturated/α-hetero) is 2. The van der Waals surface area contributed by atoms with E-state index in [0.29, 0.717) is 59.6 Å². The smallest absolute Gasteiger partial charge is 0.343 e. The zero-order valence-corrected chi connectivity index (χ0v) is 42.1. The summed E-state index contributed by atoms with van der Waals surface area (Å²) in [5.74, 6) is 1.93. The summed E-state index contributed by atoms with van der Waals surface area (Å²) in [6.45, 7) is 18.0. The number of carbonyl (C=O) groups excluding carboxylic acids is 4. The molecule has 0 radical (unpaired) electrons. The van der Waals surface area contributed by atoms with Crippen LogP contribution in [0.2, 0.25) is 0 Å². The molecule has 8 heteroatoms. The van der Waals surface area contributed by atoms with Gasteiger partial charge in [-0.1, -0.05) is 97.1 Å². The van der Waals surface area contributed by atoms with Crippen LogP contribution in [-0.4, -0.2) is 37.2 Å². The van der Waals surface area contributed by atoms with Crippen LogP contribution in [0.15, 0.2) is 121 Å². The Hall–Kier alpha value is -7.58. The third-order valence-corrected chi connectivity index (χ3v) is 12.7. The number of ether oxygens (including phenoxy) is 4. The van der Waals surface area contributed by atoms with Gasteiger partial charge >= 0.3 is 11.9 Å². The van der Waals surface area contributed by atoms with Gasteiger partial charge in [-0.3, -0.25) is 9.59 Å². The normalized spacial score (nSPS) is 11.0. The van der Waals surface area contributed by atoms with E-state index in [2.05, 4.69) is 64.1 Å². The predicted molar refractivity (Wildman–Crippen MR) is 278 cm³/mol. The molecule has 0 N–H and O–H groups in total. The van der Waals surface area contributed by atoms with Crippen molar-refractivity contribution in [3.63, 3.8) is 0 Å². The highest BCUT2D eigenvalue weighted by Crippen LogP contribution is 2.32. The standard InChI is InChI=1S/C62H62O8/c1-37-26-46(27-38(2)57(37)67-10)34-48-30-41(5)59(42(6)31-48)69-61(65)53-23-19-51(20-24-53)50-17-21-52(22-18-50)56(64)16-11-12-25-68-58-39(3)28-47(29-40(58)4)35-49-32-43(7)60(44(8)33-49)70-62(66)55-15-13-14-54(36-55)45(9)63/h13-15,17-24,26-33,36H,11-12,16,25,34-35H2,1-10H3. The number of methoxy groups -OCH3 is 1. The molecule has 0 unspecified atom stereocenters. The van der Waals surface area contributed by atoms with Crippen LogP contribution in [0.5, 0.6) is 23.0 Å². The number of rotatable bonds is 18. The lowest BCUT2D eigenvalue weighted by molar-refractivity contribution is 0.0723. The maximum absolute atomic E-state index is 13.3. The van der Waals surface area contributed by atoms with Gasteiger partial charge in [0.15, 0.2) is 11.6 Å². The SMILES string of the molecule is COc1c(C)cc(Cc2cc(C)c(OC(=O)c3ccc(-c4ccc(C(=O)CCCCOc5c(C)cc(Cc6cc(C)c(OC(=O)c7cccc(C(C)=O)c7)c(C)c6)cc5C)cc4)cc3)c(C)c2)cc1C. The first-order chi connectivity index (χ1) is 33.5. The number of hydrogen-bond donors (Lipinski definition) is 0. The van der Waals surface area contributed by atoms with E-state index in [-0.39, 0.29) is 11.6 Å². The molecule has 70 heavy (non-hydrogen) atoms. The molecule has 7 aromatic carbocycles. The van der Waals surface area contributed by atoms with Gasteiger partial charge in [0, 0.05) is 17.5 Å². The number of unbranched alkanes of at least 4 members (excludes halogenated alkanes) is 1. The van der Waals surface area contributed by atoms with Crippen LogP contribution >= 0.6 is 0 Å². The fraction of sp³-hybridized carbons (Fsp3) is 0.258. The molecule has 7 rings (SSSR count). The van der Waals surface area contributed by atoms with Gasteiger partial charge in [0.1, 0.15) is 23.0 Å². The Labute approximate surface area is 412 Å². The summed E-state index contributed by atoms with van der Waals surface area (Å²) in [6, 6.07) is 38.4. The molecular formula is C62H62O8. The van der Waals surface area contributed by atoms with E-state index < -0.39 is 11.9 Å². The van der Waals surface area contributed by atoms with E-state index in [1.165, 1.54) is 12.5 Å². The highest BCUT2D eigenvalue weighted by Gasteiger charge is 2.18. The summed E-state index contributed by atoms with van der Waals surface area (Å²) in [5, 5.41) is 0. The number of ketones is 2. The van der Waals surface area contributed by atoms with E-state index in [1.807, 2.05) is 76.2 Å². The summed E-state index contributed by atoms with van der Waals surface area (Å²) >= 11 is 0. The quantitative estimate of drug-likeness (QED) is 0.0363. The molecule has 0 aromatic heterocycles. The molecule has 0 bridgehead atoms. The summed E-state index contributed by atoms with van der Waals surface area (Å²) in [7, 11) is 1.70. The molecule has 0 saturated heterocycles. The highest BCUT2D eigenvalue weighted by atomic mass is 16.5. The van der Waals surface area contributed by atoms with Crippen molar-refractivity contribution < 1.29 is 38.1 Å². The molecular weight excluding hydrogens is 873 g/mol. The van der Waals surface area contributed by atoms with Crippen molar-refractivity contribution in [3.05, 3.63) is 210 Å². The van der Waals surface area contributed by atoms with E-state index in [0.717, 1.165) is 96.7 Å². The number of benzene rings is 7. The maximum atomic E-state index is 13.3. The van der Waals surface area contributed by atoms with E-state index in [9.17, 15) is 19.2 Å². The Kier molecular flexibility index (Phi) is 16.0. The molecule has 0 fully saturated rings. The lowest BCUT2D eigenvalue weighted by Crippen LogP contribution is -2.11. The molecule has 0 amide bonds. The Balaban J connectivity index is 0.862. The molecule has 0 aliphatic rings. The fourth-order valence-corrected chi connectivity index (χ4v) is 9.43. The molecule has 7 aromatic rings. The summed E-state index contributed by atoms with van der Waals surface area (Å²) in [5.41, 5.74) is 16.2. The van der Waals surface area contributed by atoms with Gasteiger partial charge in [-0.05, 0) is 190 Å².